The normalized spacial score (nSPS) is 16.4. The van der Waals surface area contributed by atoms with Crippen molar-refractivity contribution in [1.29, 1.82) is 0 Å². The average Bonchev–Trinajstić information content (AvgIpc) is 2.94. The number of rotatable bonds is 4. The Morgan fingerprint density at radius 2 is 1.14 bits per heavy atom. The van der Waals surface area contributed by atoms with Gasteiger partial charge in [-0.1, -0.05) is 36.4 Å². The second kappa shape index (κ2) is 9.64. The summed E-state index contributed by atoms with van der Waals surface area (Å²) in [6.07, 6.45) is 6.85. The summed E-state index contributed by atoms with van der Waals surface area (Å²) in [6.45, 7) is 3.67. The molecular formula is C29H31N5O2. The average molecular weight is 482 g/mol. The Hall–Kier alpha value is -3.87. The van der Waals surface area contributed by atoms with Gasteiger partial charge < -0.3 is 9.80 Å². The van der Waals surface area contributed by atoms with E-state index in [-0.39, 0.29) is 5.56 Å². The maximum Gasteiger partial charge on any atom is 0.341 e. The van der Waals surface area contributed by atoms with Crippen molar-refractivity contribution in [3.05, 3.63) is 87.6 Å². The molecule has 2 aliphatic heterocycles. The molecule has 2 aromatic carbocycles. The van der Waals surface area contributed by atoms with Crippen molar-refractivity contribution >= 4 is 22.5 Å². The van der Waals surface area contributed by atoms with Gasteiger partial charge in [-0.25, -0.2) is 18.9 Å². The Kier molecular flexibility index (Phi) is 6.05. The summed E-state index contributed by atoms with van der Waals surface area (Å²) in [6, 6.07) is 20.8. The molecular weight excluding hydrogens is 450 g/mol. The van der Waals surface area contributed by atoms with Crippen LogP contribution in [-0.4, -0.2) is 40.3 Å². The Bertz CT molecular complexity index is 1480. The van der Waals surface area contributed by atoms with E-state index in [0.29, 0.717) is 22.4 Å². The van der Waals surface area contributed by atoms with Crippen LogP contribution in [0.1, 0.15) is 38.5 Å². The number of anilines is 2. The number of hydrogen-bond donors (Lipinski definition) is 0. The molecule has 7 heteroatoms. The zero-order chi connectivity index (χ0) is 24.5. The lowest BCUT2D eigenvalue weighted by Gasteiger charge is -2.33. The Balaban J connectivity index is 1.72. The van der Waals surface area contributed by atoms with Crippen molar-refractivity contribution in [2.75, 3.05) is 36.0 Å². The molecule has 0 spiro atoms. The van der Waals surface area contributed by atoms with E-state index in [1.807, 2.05) is 48.5 Å². The van der Waals surface area contributed by atoms with Crippen LogP contribution in [0.4, 0.5) is 11.5 Å². The molecule has 2 saturated heterocycles. The quantitative estimate of drug-likeness (QED) is 0.429. The fraction of sp³-hybridized carbons (Fsp3) is 0.345. The molecule has 0 saturated carbocycles. The Morgan fingerprint density at radius 3 is 1.72 bits per heavy atom. The highest BCUT2D eigenvalue weighted by Crippen LogP contribution is 2.32. The fourth-order valence-corrected chi connectivity index (χ4v) is 5.55. The summed E-state index contributed by atoms with van der Waals surface area (Å²) >= 11 is 0. The minimum Gasteiger partial charge on any atom is -0.371 e. The van der Waals surface area contributed by atoms with Crippen molar-refractivity contribution in [3.8, 4) is 11.4 Å². The van der Waals surface area contributed by atoms with Gasteiger partial charge in [-0.3, -0.25) is 4.79 Å². The van der Waals surface area contributed by atoms with Gasteiger partial charge in [-0.15, -0.1) is 0 Å². The lowest BCUT2D eigenvalue weighted by atomic mass is 10.1. The number of nitrogens with zero attached hydrogens (tertiary/aromatic N) is 5. The zero-order valence-electron chi connectivity index (χ0n) is 20.5. The molecule has 36 heavy (non-hydrogen) atoms. The Morgan fingerprint density at radius 1 is 0.611 bits per heavy atom. The lowest BCUT2D eigenvalue weighted by Crippen LogP contribution is -2.40. The molecule has 0 amide bonds. The van der Waals surface area contributed by atoms with Crippen LogP contribution in [0.15, 0.2) is 76.3 Å². The van der Waals surface area contributed by atoms with Crippen LogP contribution in [-0.2, 0) is 0 Å². The summed E-state index contributed by atoms with van der Waals surface area (Å²) in [5.74, 6) is 0.851. The largest absolute Gasteiger partial charge is 0.371 e. The van der Waals surface area contributed by atoms with Gasteiger partial charge in [0.1, 0.15) is 11.2 Å². The van der Waals surface area contributed by atoms with Crippen LogP contribution < -0.4 is 21.0 Å². The molecule has 0 atom stereocenters. The van der Waals surface area contributed by atoms with Crippen molar-refractivity contribution in [1.82, 2.24) is 14.1 Å². The van der Waals surface area contributed by atoms with Gasteiger partial charge in [-0.2, -0.15) is 0 Å². The van der Waals surface area contributed by atoms with Gasteiger partial charge in [0.2, 0.25) is 0 Å². The molecule has 0 unspecified atom stereocenters. The second-order valence-corrected chi connectivity index (χ2v) is 9.72. The summed E-state index contributed by atoms with van der Waals surface area (Å²) < 4.78 is 2.91. The predicted octanol–water partition coefficient (Wildman–Crippen LogP) is 4.52. The first-order valence-corrected chi connectivity index (χ1v) is 13.1. The van der Waals surface area contributed by atoms with E-state index in [0.717, 1.165) is 63.4 Å². The maximum absolute atomic E-state index is 14.2. The monoisotopic (exact) mass is 481 g/mol. The van der Waals surface area contributed by atoms with Crippen LogP contribution >= 0.6 is 0 Å². The van der Waals surface area contributed by atoms with E-state index in [2.05, 4.69) is 15.9 Å². The molecule has 0 radical (unpaired) electrons. The van der Waals surface area contributed by atoms with Gasteiger partial charge in [0.15, 0.2) is 5.65 Å². The smallest absolute Gasteiger partial charge is 0.341 e. The van der Waals surface area contributed by atoms with E-state index in [1.54, 1.807) is 16.7 Å². The van der Waals surface area contributed by atoms with Crippen molar-refractivity contribution < 1.29 is 0 Å². The van der Waals surface area contributed by atoms with Gasteiger partial charge in [-0.05, 0) is 62.8 Å². The van der Waals surface area contributed by atoms with Crippen LogP contribution in [0.2, 0.25) is 0 Å². The van der Waals surface area contributed by atoms with E-state index in [9.17, 15) is 9.59 Å². The third kappa shape index (κ3) is 3.98. The Labute approximate surface area is 210 Å². The molecule has 2 aliphatic rings. The number of pyridine rings is 1. The molecule has 2 aromatic heterocycles. The van der Waals surface area contributed by atoms with E-state index in [1.165, 1.54) is 17.4 Å². The molecule has 0 aliphatic carbocycles. The van der Waals surface area contributed by atoms with E-state index < -0.39 is 5.69 Å². The molecule has 0 bridgehead atoms. The van der Waals surface area contributed by atoms with Crippen LogP contribution in [0.5, 0.6) is 0 Å². The van der Waals surface area contributed by atoms with Crippen LogP contribution in [0.25, 0.3) is 22.4 Å². The second-order valence-electron chi connectivity index (χ2n) is 9.72. The first-order valence-electron chi connectivity index (χ1n) is 13.1. The minimum absolute atomic E-state index is 0.313. The summed E-state index contributed by atoms with van der Waals surface area (Å²) in [5, 5.41) is 0.505. The van der Waals surface area contributed by atoms with Crippen molar-refractivity contribution in [2.24, 2.45) is 0 Å². The molecule has 2 fully saturated rings. The topological polar surface area (TPSA) is 63.4 Å². The summed E-state index contributed by atoms with van der Waals surface area (Å²) in [4.78, 5) is 37.8. The fourth-order valence-electron chi connectivity index (χ4n) is 5.55. The molecule has 184 valence electrons. The highest BCUT2D eigenvalue weighted by molar-refractivity contribution is 5.92. The summed E-state index contributed by atoms with van der Waals surface area (Å²) in [7, 11) is 0. The van der Waals surface area contributed by atoms with Crippen LogP contribution in [0.3, 0.4) is 0 Å². The van der Waals surface area contributed by atoms with E-state index >= 15 is 0 Å². The highest BCUT2D eigenvalue weighted by atomic mass is 16.2. The lowest BCUT2D eigenvalue weighted by molar-refractivity contribution is 0.570. The van der Waals surface area contributed by atoms with Gasteiger partial charge in [0.05, 0.1) is 17.1 Å². The van der Waals surface area contributed by atoms with Crippen molar-refractivity contribution in [3.63, 3.8) is 0 Å². The maximum atomic E-state index is 14.2. The van der Waals surface area contributed by atoms with Crippen molar-refractivity contribution in [2.45, 2.75) is 38.5 Å². The number of aromatic nitrogens is 3. The minimum atomic E-state index is -0.405. The number of hydrogen-bond acceptors (Lipinski definition) is 5. The first-order chi connectivity index (χ1) is 17.7. The predicted molar refractivity (Wildman–Crippen MR) is 145 cm³/mol. The number of fused-ring (bicyclic) bond motifs is 1. The third-order valence-corrected chi connectivity index (χ3v) is 7.38. The summed E-state index contributed by atoms with van der Waals surface area (Å²) in [5.41, 5.74) is 1.87. The molecule has 6 rings (SSSR count). The SMILES string of the molecule is O=c1c2c(N3CCCCC3)cc(N3CCCCC3)nc2n(-c2ccccc2)c(=O)n1-c1ccccc1. The molecule has 7 nitrogen and oxygen atoms in total. The zero-order valence-corrected chi connectivity index (χ0v) is 20.5. The molecule has 4 heterocycles. The van der Waals surface area contributed by atoms with Crippen LogP contribution in [0, 0.1) is 0 Å². The van der Waals surface area contributed by atoms with Gasteiger partial charge >= 0.3 is 5.69 Å². The van der Waals surface area contributed by atoms with Gasteiger partial charge in [0.25, 0.3) is 5.56 Å². The molecule has 0 N–H and O–H groups in total. The van der Waals surface area contributed by atoms with Gasteiger partial charge in [0, 0.05) is 32.2 Å². The highest BCUT2D eigenvalue weighted by Gasteiger charge is 2.25. The first kappa shape index (κ1) is 22.6. The number of piperidine rings is 2. The number of para-hydroxylation sites is 2. The number of benzene rings is 2. The molecule has 4 aromatic rings. The standard InChI is InChI=1S/C29H31N5O2/c35-28-26-24(31-17-9-3-10-18-31)21-25(32-19-11-4-12-20-32)30-27(26)33(22-13-5-1-6-14-22)29(36)34(28)23-15-7-2-8-16-23/h1-2,5-8,13-16,21H,3-4,9-12,17-20H2. The third-order valence-electron chi connectivity index (χ3n) is 7.38. The van der Waals surface area contributed by atoms with E-state index in [4.69, 9.17) is 4.98 Å².